The Hall–Kier alpha value is -0.360. The topological polar surface area (TPSA) is 73.6 Å². The van der Waals surface area contributed by atoms with Crippen LogP contribution in [0, 0.1) is 5.41 Å². The highest BCUT2D eigenvalue weighted by Gasteiger charge is 2.38. The minimum absolute atomic E-state index is 0. The van der Waals surface area contributed by atoms with Crippen molar-refractivity contribution in [3.63, 3.8) is 0 Å². The van der Waals surface area contributed by atoms with E-state index in [4.69, 9.17) is 15.2 Å². The van der Waals surface area contributed by atoms with Gasteiger partial charge in [-0.25, -0.2) is 0 Å². The van der Waals surface area contributed by atoms with Crippen LogP contribution in [-0.2, 0) is 14.3 Å². The van der Waals surface area contributed by atoms with E-state index in [0.717, 1.165) is 38.7 Å². The van der Waals surface area contributed by atoms with Crippen molar-refractivity contribution in [3.8, 4) is 0 Å². The molecule has 0 radical (unpaired) electrons. The highest BCUT2D eigenvalue weighted by molar-refractivity contribution is 5.85. The molecule has 0 aromatic heterocycles. The SMILES string of the molecule is CCCCOCCCNC(=O)C1(CN)CCOCC1.Cl. The van der Waals surface area contributed by atoms with Crippen LogP contribution in [-0.4, -0.2) is 45.4 Å². The van der Waals surface area contributed by atoms with Gasteiger partial charge in [0.1, 0.15) is 0 Å². The summed E-state index contributed by atoms with van der Waals surface area (Å²) < 4.78 is 10.8. The first kappa shape index (κ1) is 19.6. The predicted octanol–water partition coefficient (Wildman–Crippen LogP) is 1.49. The number of carbonyl (C=O) groups excluding carboxylic acids is 1. The molecule has 1 amide bonds. The van der Waals surface area contributed by atoms with Crippen LogP contribution in [0.25, 0.3) is 0 Å². The summed E-state index contributed by atoms with van der Waals surface area (Å²) in [6.45, 7) is 5.98. The Morgan fingerprint density at radius 2 is 1.95 bits per heavy atom. The lowest BCUT2D eigenvalue weighted by Gasteiger charge is -2.34. The first-order valence-corrected chi connectivity index (χ1v) is 7.39. The largest absolute Gasteiger partial charge is 0.381 e. The maximum absolute atomic E-state index is 12.2. The number of nitrogens with one attached hydrogen (secondary N) is 1. The van der Waals surface area contributed by atoms with Crippen molar-refractivity contribution >= 4 is 18.3 Å². The average molecular weight is 309 g/mol. The Labute approximate surface area is 128 Å². The molecule has 1 aliphatic heterocycles. The molecule has 0 aliphatic carbocycles. The summed E-state index contributed by atoms with van der Waals surface area (Å²) in [6, 6.07) is 0. The van der Waals surface area contributed by atoms with Gasteiger partial charge in [-0.1, -0.05) is 13.3 Å². The maximum Gasteiger partial charge on any atom is 0.227 e. The van der Waals surface area contributed by atoms with E-state index in [1.54, 1.807) is 0 Å². The van der Waals surface area contributed by atoms with Crippen molar-refractivity contribution in [2.45, 2.75) is 39.0 Å². The van der Waals surface area contributed by atoms with Gasteiger partial charge in [0.15, 0.2) is 0 Å². The fourth-order valence-electron chi connectivity index (χ4n) is 2.20. The average Bonchev–Trinajstić information content (AvgIpc) is 2.46. The summed E-state index contributed by atoms with van der Waals surface area (Å²) in [6.07, 6.45) is 4.55. The van der Waals surface area contributed by atoms with E-state index in [1.807, 2.05) is 0 Å². The molecule has 0 saturated carbocycles. The van der Waals surface area contributed by atoms with Crippen molar-refractivity contribution in [1.82, 2.24) is 5.32 Å². The summed E-state index contributed by atoms with van der Waals surface area (Å²) in [7, 11) is 0. The van der Waals surface area contributed by atoms with Crippen LogP contribution in [0.5, 0.6) is 0 Å². The zero-order chi connectivity index (χ0) is 14.0. The van der Waals surface area contributed by atoms with Crippen molar-refractivity contribution in [2.24, 2.45) is 11.1 Å². The number of amides is 1. The van der Waals surface area contributed by atoms with E-state index in [9.17, 15) is 4.79 Å². The normalized spacial score (nSPS) is 17.3. The van der Waals surface area contributed by atoms with Crippen molar-refractivity contribution in [2.75, 3.05) is 39.5 Å². The Bertz CT molecular complexity index is 259. The molecular formula is C14H29ClN2O3. The Kier molecular flexibility index (Phi) is 11.1. The number of ether oxygens (including phenoxy) is 2. The third-order valence-electron chi connectivity index (χ3n) is 3.72. The van der Waals surface area contributed by atoms with Crippen LogP contribution in [0.2, 0.25) is 0 Å². The molecule has 0 aromatic carbocycles. The number of hydrogen-bond donors (Lipinski definition) is 2. The number of rotatable bonds is 9. The van der Waals surface area contributed by atoms with Crippen LogP contribution in [0.15, 0.2) is 0 Å². The summed E-state index contributed by atoms with van der Waals surface area (Å²) in [5.41, 5.74) is 5.37. The molecule has 3 N–H and O–H groups in total. The lowest BCUT2D eigenvalue weighted by atomic mass is 9.79. The summed E-state index contributed by atoms with van der Waals surface area (Å²) in [4.78, 5) is 12.2. The first-order chi connectivity index (χ1) is 9.25. The van der Waals surface area contributed by atoms with Gasteiger partial charge in [0.25, 0.3) is 0 Å². The van der Waals surface area contributed by atoms with Gasteiger partial charge in [-0.2, -0.15) is 0 Å². The molecule has 6 heteroatoms. The van der Waals surface area contributed by atoms with Gasteiger partial charge in [0, 0.05) is 39.5 Å². The molecule has 5 nitrogen and oxygen atoms in total. The Morgan fingerprint density at radius 1 is 1.30 bits per heavy atom. The third-order valence-corrected chi connectivity index (χ3v) is 3.72. The summed E-state index contributed by atoms with van der Waals surface area (Å²) in [5.74, 6) is 0.0758. The van der Waals surface area contributed by atoms with E-state index in [2.05, 4.69) is 12.2 Å². The van der Waals surface area contributed by atoms with Gasteiger partial charge >= 0.3 is 0 Å². The molecule has 0 atom stereocenters. The minimum Gasteiger partial charge on any atom is -0.381 e. The number of carbonyl (C=O) groups is 1. The van der Waals surface area contributed by atoms with Gasteiger partial charge in [0.2, 0.25) is 5.91 Å². The fraction of sp³-hybridized carbons (Fsp3) is 0.929. The van der Waals surface area contributed by atoms with Crippen LogP contribution < -0.4 is 11.1 Å². The van der Waals surface area contributed by atoms with E-state index in [0.29, 0.717) is 32.9 Å². The monoisotopic (exact) mass is 308 g/mol. The quantitative estimate of drug-likeness (QED) is 0.633. The minimum atomic E-state index is -0.415. The van der Waals surface area contributed by atoms with Crippen LogP contribution in [0.3, 0.4) is 0 Å². The van der Waals surface area contributed by atoms with Crippen LogP contribution in [0.4, 0.5) is 0 Å². The lowest BCUT2D eigenvalue weighted by Crippen LogP contribution is -2.49. The fourth-order valence-corrected chi connectivity index (χ4v) is 2.20. The molecule has 20 heavy (non-hydrogen) atoms. The number of unbranched alkanes of at least 4 members (excludes halogenated alkanes) is 1. The smallest absolute Gasteiger partial charge is 0.227 e. The number of nitrogens with two attached hydrogens (primary N) is 1. The molecule has 1 heterocycles. The van der Waals surface area contributed by atoms with Gasteiger partial charge in [0.05, 0.1) is 5.41 Å². The zero-order valence-electron chi connectivity index (χ0n) is 12.5. The number of hydrogen-bond acceptors (Lipinski definition) is 4. The molecule has 1 saturated heterocycles. The number of halogens is 1. The van der Waals surface area contributed by atoms with Gasteiger partial charge in [-0.3, -0.25) is 4.79 Å². The zero-order valence-corrected chi connectivity index (χ0v) is 13.3. The molecule has 1 fully saturated rings. The highest BCUT2D eigenvalue weighted by Crippen LogP contribution is 2.29. The third kappa shape index (κ3) is 6.39. The maximum atomic E-state index is 12.2. The molecule has 0 bridgehead atoms. The molecular weight excluding hydrogens is 280 g/mol. The van der Waals surface area contributed by atoms with Crippen molar-refractivity contribution < 1.29 is 14.3 Å². The van der Waals surface area contributed by atoms with Gasteiger partial charge in [-0.05, 0) is 25.7 Å². The van der Waals surface area contributed by atoms with Crippen molar-refractivity contribution in [3.05, 3.63) is 0 Å². The molecule has 1 rings (SSSR count). The predicted molar refractivity (Wildman–Crippen MR) is 82.1 cm³/mol. The second-order valence-corrected chi connectivity index (χ2v) is 5.17. The second-order valence-electron chi connectivity index (χ2n) is 5.17. The molecule has 0 unspecified atom stereocenters. The van der Waals surface area contributed by atoms with Crippen LogP contribution >= 0.6 is 12.4 Å². The second kappa shape index (κ2) is 11.3. The van der Waals surface area contributed by atoms with Crippen LogP contribution in [0.1, 0.15) is 39.0 Å². The Balaban J connectivity index is 0.00000361. The van der Waals surface area contributed by atoms with Crippen molar-refractivity contribution in [1.29, 1.82) is 0 Å². The standard InChI is InChI=1S/C14H28N2O3.ClH/c1-2-3-8-18-9-4-7-16-13(17)14(12-15)5-10-19-11-6-14;/h2-12,15H2,1H3,(H,16,17);1H. The van der Waals surface area contributed by atoms with E-state index in [-0.39, 0.29) is 18.3 Å². The molecule has 1 aliphatic rings. The Morgan fingerprint density at radius 3 is 2.55 bits per heavy atom. The van der Waals surface area contributed by atoms with Gasteiger partial charge in [-0.15, -0.1) is 12.4 Å². The first-order valence-electron chi connectivity index (χ1n) is 7.39. The van der Waals surface area contributed by atoms with E-state index in [1.165, 1.54) is 0 Å². The summed E-state index contributed by atoms with van der Waals surface area (Å²) in [5, 5.41) is 2.98. The highest BCUT2D eigenvalue weighted by atomic mass is 35.5. The summed E-state index contributed by atoms with van der Waals surface area (Å²) >= 11 is 0. The van der Waals surface area contributed by atoms with Gasteiger partial charge < -0.3 is 20.5 Å². The lowest BCUT2D eigenvalue weighted by molar-refractivity contribution is -0.135. The van der Waals surface area contributed by atoms with E-state index < -0.39 is 5.41 Å². The molecule has 120 valence electrons. The molecule has 0 aromatic rings. The van der Waals surface area contributed by atoms with E-state index >= 15 is 0 Å². The molecule has 0 spiro atoms.